The van der Waals surface area contributed by atoms with Crippen molar-refractivity contribution in [2.75, 3.05) is 4.90 Å². The molecule has 8 aromatic carbocycles. The summed E-state index contributed by atoms with van der Waals surface area (Å²) >= 11 is 0. The van der Waals surface area contributed by atoms with Gasteiger partial charge in [-0.3, -0.25) is 0 Å². The number of hydrogen-bond acceptors (Lipinski definition) is 2. The van der Waals surface area contributed by atoms with E-state index in [2.05, 4.69) is 191 Å². The van der Waals surface area contributed by atoms with Crippen molar-refractivity contribution in [2.45, 2.75) is 0 Å². The molecule has 0 saturated carbocycles. The van der Waals surface area contributed by atoms with Crippen LogP contribution >= 0.6 is 0 Å². The van der Waals surface area contributed by atoms with Crippen molar-refractivity contribution < 1.29 is 4.42 Å². The fraction of sp³-hybridized carbons (Fsp3) is 0. The number of furan rings is 1. The highest BCUT2D eigenvalue weighted by Gasteiger charge is 2.22. The Morgan fingerprint density at radius 2 is 1.06 bits per heavy atom. The molecule has 0 aliphatic carbocycles. The monoisotopic (exact) mass is 652 g/mol. The number of benzene rings is 8. The summed E-state index contributed by atoms with van der Waals surface area (Å²) in [6.07, 6.45) is 0. The molecule has 10 rings (SSSR count). The number of nitrogens with zero attached hydrogens (tertiary/aromatic N) is 2. The summed E-state index contributed by atoms with van der Waals surface area (Å²) in [4.78, 5) is 2.32. The standard InChI is InChI=1S/C48H32N2O/c1-4-16-33(17-5-1)37-22-10-11-23-38(37)40-25-14-27-43-47(40)42-31-30-36(32-45(42)50(43)35-20-8-3-9-21-35)49(34-18-6-2-7-19-34)44-28-15-26-41-39-24-12-13-29-46(39)51-48(41)44/h1-32H. The van der Waals surface area contributed by atoms with Crippen molar-refractivity contribution in [3.05, 3.63) is 194 Å². The molecule has 0 aliphatic heterocycles. The quantitative estimate of drug-likeness (QED) is 0.178. The van der Waals surface area contributed by atoms with Crippen molar-refractivity contribution in [3.8, 4) is 27.9 Å². The molecule has 0 N–H and O–H groups in total. The van der Waals surface area contributed by atoms with Gasteiger partial charge in [0.25, 0.3) is 0 Å². The van der Waals surface area contributed by atoms with E-state index in [1.165, 1.54) is 38.5 Å². The Balaban J connectivity index is 1.26. The summed E-state index contributed by atoms with van der Waals surface area (Å²) in [5.41, 5.74) is 13.1. The number of hydrogen-bond donors (Lipinski definition) is 0. The van der Waals surface area contributed by atoms with Gasteiger partial charge in [-0.25, -0.2) is 0 Å². The van der Waals surface area contributed by atoms with E-state index in [1.54, 1.807) is 0 Å². The maximum absolute atomic E-state index is 6.60. The van der Waals surface area contributed by atoms with Crippen LogP contribution in [0.15, 0.2) is 199 Å². The maximum Gasteiger partial charge on any atom is 0.159 e. The van der Waals surface area contributed by atoms with Crippen molar-refractivity contribution in [1.29, 1.82) is 0 Å². The van der Waals surface area contributed by atoms with E-state index < -0.39 is 0 Å². The molecule has 2 heterocycles. The summed E-state index contributed by atoms with van der Waals surface area (Å²) in [6, 6.07) is 69.0. The average Bonchev–Trinajstić information content (AvgIpc) is 3.75. The second-order valence-electron chi connectivity index (χ2n) is 12.9. The first-order valence-corrected chi connectivity index (χ1v) is 17.4. The smallest absolute Gasteiger partial charge is 0.159 e. The van der Waals surface area contributed by atoms with Crippen molar-refractivity contribution in [1.82, 2.24) is 4.57 Å². The minimum absolute atomic E-state index is 0.867. The van der Waals surface area contributed by atoms with Gasteiger partial charge in [0.2, 0.25) is 0 Å². The molecule has 0 fully saturated rings. The fourth-order valence-electron chi connectivity index (χ4n) is 7.77. The Bertz CT molecular complexity index is 2850. The minimum Gasteiger partial charge on any atom is -0.454 e. The second-order valence-corrected chi connectivity index (χ2v) is 12.9. The van der Waals surface area contributed by atoms with Gasteiger partial charge in [-0.15, -0.1) is 0 Å². The van der Waals surface area contributed by atoms with Crippen LogP contribution < -0.4 is 4.90 Å². The number of rotatable bonds is 6. The van der Waals surface area contributed by atoms with Crippen LogP contribution in [0.4, 0.5) is 17.1 Å². The Labute approximate surface area is 295 Å². The molecule has 0 radical (unpaired) electrons. The van der Waals surface area contributed by atoms with Gasteiger partial charge in [-0.05, 0) is 76.9 Å². The van der Waals surface area contributed by atoms with Gasteiger partial charge in [0.1, 0.15) is 5.58 Å². The number of para-hydroxylation sites is 4. The van der Waals surface area contributed by atoms with Gasteiger partial charge in [0.15, 0.2) is 5.58 Å². The molecule has 51 heavy (non-hydrogen) atoms. The normalized spacial score (nSPS) is 11.5. The van der Waals surface area contributed by atoms with Crippen molar-refractivity contribution >= 4 is 60.8 Å². The van der Waals surface area contributed by atoms with Gasteiger partial charge in [-0.2, -0.15) is 0 Å². The Morgan fingerprint density at radius 1 is 0.412 bits per heavy atom. The molecular formula is C48H32N2O. The number of fused-ring (bicyclic) bond motifs is 6. The molecule has 0 spiro atoms. The first-order chi connectivity index (χ1) is 25.3. The van der Waals surface area contributed by atoms with E-state index in [0.29, 0.717) is 0 Å². The molecule has 0 bridgehead atoms. The lowest BCUT2D eigenvalue weighted by Crippen LogP contribution is -2.10. The minimum atomic E-state index is 0.867. The lowest BCUT2D eigenvalue weighted by atomic mass is 9.92. The Hall–Kier alpha value is -6.84. The van der Waals surface area contributed by atoms with Crippen LogP contribution in [0.1, 0.15) is 0 Å². The Kier molecular flexibility index (Phi) is 6.81. The second kappa shape index (κ2) is 11.9. The first-order valence-electron chi connectivity index (χ1n) is 17.4. The van der Waals surface area contributed by atoms with Crippen LogP contribution in [0.3, 0.4) is 0 Å². The van der Waals surface area contributed by atoms with E-state index in [0.717, 1.165) is 50.2 Å². The third-order valence-electron chi connectivity index (χ3n) is 9.99. The molecule has 2 aromatic heterocycles. The highest BCUT2D eigenvalue weighted by molar-refractivity contribution is 6.18. The number of aromatic nitrogens is 1. The number of anilines is 3. The summed E-state index contributed by atoms with van der Waals surface area (Å²) in [5.74, 6) is 0. The van der Waals surface area contributed by atoms with E-state index >= 15 is 0 Å². The third kappa shape index (κ3) is 4.74. The largest absolute Gasteiger partial charge is 0.454 e. The zero-order valence-corrected chi connectivity index (χ0v) is 27.8. The lowest BCUT2D eigenvalue weighted by molar-refractivity contribution is 0.669. The molecule has 0 unspecified atom stereocenters. The lowest BCUT2D eigenvalue weighted by Gasteiger charge is -2.25. The molecule has 3 heteroatoms. The van der Waals surface area contributed by atoms with Gasteiger partial charge < -0.3 is 13.9 Å². The highest BCUT2D eigenvalue weighted by Crippen LogP contribution is 2.46. The Morgan fingerprint density at radius 3 is 1.88 bits per heavy atom. The van der Waals surface area contributed by atoms with Gasteiger partial charge in [-0.1, -0.05) is 140 Å². The topological polar surface area (TPSA) is 21.3 Å². The zero-order chi connectivity index (χ0) is 33.7. The van der Waals surface area contributed by atoms with Crippen LogP contribution in [0.25, 0.3) is 71.7 Å². The first kappa shape index (κ1) is 29.1. The van der Waals surface area contributed by atoms with E-state index in [1.807, 2.05) is 12.1 Å². The van der Waals surface area contributed by atoms with E-state index in [-0.39, 0.29) is 0 Å². The predicted octanol–water partition coefficient (Wildman–Crippen LogP) is 13.5. The fourth-order valence-corrected chi connectivity index (χ4v) is 7.77. The van der Waals surface area contributed by atoms with Gasteiger partial charge >= 0.3 is 0 Å². The maximum atomic E-state index is 6.60. The van der Waals surface area contributed by atoms with Crippen LogP contribution in [-0.4, -0.2) is 4.57 Å². The van der Waals surface area contributed by atoms with Crippen molar-refractivity contribution in [3.63, 3.8) is 0 Å². The van der Waals surface area contributed by atoms with Crippen LogP contribution in [0.2, 0.25) is 0 Å². The van der Waals surface area contributed by atoms with Crippen LogP contribution in [0, 0.1) is 0 Å². The third-order valence-corrected chi connectivity index (χ3v) is 9.99. The van der Waals surface area contributed by atoms with E-state index in [4.69, 9.17) is 4.42 Å². The molecule has 0 amide bonds. The molecule has 10 aromatic rings. The molecule has 0 saturated heterocycles. The van der Waals surface area contributed by atoms with E-state index in [9.17, 15) is 0 Å². The van der Waals surface area contributed by atoms with Crippen molar-refractivity contribution in [2.24, 2.45) is 0 Å². The SMILES string of the molecule is c1ccc(-c2ccccc2-c2cccc3c2c2ccc(N(c4ccccc4)c4cccc5c4oc4ccccc45)cc2n3-c2ccccc2)cc1. The average molecular weight is 653 g/mol. The molecule has 3 nitrogen and oxygen atoms in total. The molecule has 0 atom stereocenters. The van der Waals surface area contributed by atoms with Gasteiger partial charge in [0.05, 0.1) is 16.7 Å². The highest BCUT2D eigenvalue weighted by atomic mass is 16.3. The predicted molar refractivity (Wildman–Crippen MR) is 214 cm³/mol. The summed E-state index contributed by atoms with van der Waals surface area (Å²) in [7, 11) is 0. The van der Waals surface area contributed by atoms with Crippen LogP contribution in [0.5, 0.6) is 0 Å². The summed E-state index contributed by atoms with van der Waals surface area (Å²) in [6.45, 7) is 0. The van der Waals surface area contributed by atoms with Gasteiger partial charge in [0, 0.05) is 38.6 Å². The summed E-state index contributed by atoms with van der Waals surface area (Å²) in [5, 5.41) is 4.65. The molecular weight excluding hydrogens is 621 g/mol. The summed E-state index contributed by atoms with van der Waals surface area (Å²) < 4.78 is 9.01. The molecule has 240 valence electrons. The zero-order valence-electron chi connectivity index (χ0n) is 27.8. The molecule has 0 aliphatic rings. The van der Waals surface area contributed by atoms with Crippen LogP contribution in [-0.2, 0) is 0 Å².